The summed E-state index contributed by atoms with van der Waals surface area (Å²) >= 11 is 1.73. The van der Waals surface area contributed by atoms with Gasteiger partial charge < -0.3 is 9.84 Å². The number of hydrogen-bond donors (Lipinski definition) is 1. The number of carbonyl (C=O) groups is 1. The highest BCUT2D eigenvalue weighted by molar-refractivity contribution is 7.12. The highest BCUT2D eigenvalue weighted by Crippen LogP contribution is 2.40. The summed E-state index contributed by atoms with van der Waals surface area (Å²) in [6.45, 7) is 5.45. The molecule has 0 aliphatic carbocycles. The minimum absolute atomic E-state index is 0.0807. The van der Waals surface area contributed by atoms with Crippen molar-refractivity contribution < 1.29 is 14.6 Å². The predicted octanol–water partition coefficient (Wildman–Crippen LogP) is 4.48. The maximum absolute atomic E-state index is 11.9. The molecule has 1 aromatic carbocycles. The molecular formula is C20H25NO3S. The van der Waals surface area contributed by atoms with Gasteiger partial charge in [-0.2, -0.15) is 0 Å². The number of rotatable bonds is 6. The number of piperidine rings is 1. The molecule has 1 aromatic heterocycles. The Bertz CT molecular complexity index is 727. The van der Waals surface area contributed by atoms with Crippen molar-refractivity contribution in [3.8, 4) is 5.75 Å². The molecule has 0 radical (unpaired) electrons. The van der Waals surface area contributed by atoms with E-state index in [1.165, 1.54) is 9.75 Å². The van der Waals surface area contributed by atoms with Crippen molar-refractivity contribution in [3.63, 3.8) is 0 Å². The van der Waals surface area contributed by atoms with E-state index in [9.17, 15) is 9.90 Å². The number of aliphatic carboxylic acids is 1. The van der Waals surface area contributed by atoms with Crippen LogP contribution in [-0.4, -0.2) is 35.2 Å². The number of thiophene rings is 1. The van der Waals surface area contributed by atoms with Crippen LogP contribution in [0.5, 0.6) is 5.75 Å². The Labute approximate surface area is 153 Å². The lowest BCUT2D eigenvalue weighted by Gasteiger charge is -2.39. The van der Waals surface area contributed by atoms with Gasteiger partial charge in [0.1, 0.15) is 11.8 Å². The van der Waals surface area contributed by atoms with Crippen LogP contribution in [0, 0.1) is 6.92 Å². The van der Waals surface area contributed by atoms with E-state index < -0.39 is 12.0 Å². The Morgan fingerprint density at radius 2 is 2.12 bits per heavy atom. The fourth-order valence-electron chi connectivity index (χ4n) is 3.62. The average molecular weight is 359 g/mol. The van der Waals surface area contributed by atoms with Crippen molar-refractivity contribution in [2.75, 3.05) is 13.2 Å². The van der Waals surface area contributed by atoms with Gasteiger partial charge in [-0.25, -0.2) is 0 Å². The number of hydrogen-bond acceptors (Lipinski definition) is 4. The van der Waals surface area contributed by atoms with Crippen LogP contribution in [0.2, 0.25) is 0 Å². The lowest BCUT2D eigenvalue weighted by Crippen LogP contribution is -2.46. The summed E-state index contributed by atoms with van der Waals surface area (Å²) in [6, 6.07) is 11.7. The Balaban J connectivity index is 2.09. The molecule has 0 spiro atoms. The number of benzene rings is 1. The largest absolute Gasteiger partial charge is 0.494 e. The molecule has 1 saturated heterocycles. The van der Waals surface area contributed by atoms with Crippen molar-refractivity contribution in [2.24, 2.45) is 0 Å². The molecule has 1 aliphatic rings. The summed E-state index contributed by atoms with van der Waals surface area (Å²) in [5, 5.41) is 9.76. The fourth-order valence-corrected chi connectivity index (χ4v) is 4.64. The number of carboxylic acids is 1. The number of ether oxygens (including phenoxy) is 1. The molecule has 1 N–H and O–H groups in total. The van der Waals surface area contributed by atoms with Gasteiger partial charge in [0, 0.05) is 15.3 Å². The van der Waals surface area contributed by atoms with E-state index in [1.54, 1.807) is 11.3 Å². The molecule has 3 rings (SSSR count). The number of aryl methyl sites for hydroxylation is 1. The van der Waals surface area contributed by atoms with Gasteiger partial charge in [0.2, 0.25) is 0 Å². The Kier molecular flexibility index (Phi) is 5.76. The quantitative estimate of drug-likeness (QED) is 0.826. The summed E-state index contributed by atoms with van der Waals surface area (Å²) in [7, 11) is 0. The van der Waals surface area contributed by atoms with Gasteiger partial charge in [-0.15, -0.1) is 11.3 Å². The standard InChI is InChI=1S/C20H25NO3S/c1-3-24-17-10-5-4-8-15(17)19(18-12-11-14(2)25-18)21-13-7-6-9-16(21)20(22)23/h4-5,8,10-12,16,19H,3,6-7,9,13H2,1-2H3,(H,22,23). The van der Waals surface area contributed by atoms with Gasteiger partial charge in [0.25, 0.3) is 0 Å². The molecule has 25 heavy (non-hydrogen) atoms. The molecule has 2 aromatic rings. The minimum atomic E-state index is -0.730. The SMILES string of the molecule is CCOc1ccccc1C(c1ccc(C)s1)N1CCCCC1C(=O)O. The fraction of sp³-hybridized carbons (Fsp3) is 0.450. The average Bonchev–Trinajstić information content (AvgIpc) is 3.03. The van der Waals surface area contributed by atoms with E-state index in [1.807, 2.05) is 25.1 Å². The first-order chi connectivity index (χ1) is 12.1. The molecule has 0 bridgehead atoms. The molecule has 0 saturated carbocycles. The van der Waals surface area contributed by atoms with E-state index >= 15 is 0 Å². The second-order valence-electron chi connectivity index (χ2n) is 6.41. The zero-order valence-corrected chi connectivity index (χ0v) is 15.6. The van der Waals surface area contributed by atoms with Crippen molar-refractivity contribution in [3.05, 3.63) is 51.7 Å². The lowest BCUT2D eigenvalue weighted by molar-refractivity contribution is -0.145. The molecule has 4 nitrogen and oxygen atoms in total. The first kappa shape index (κ1) is 18.0. The summed E-state index contributed by atoms with van der Waals surface area (Å²) in [6.07, 6.45) is 2.70. The van der Waals surface area contributed by atoms with Crippen molar-refractivity contribution in [1.82, 2.24) is 4.90 Å². The van der Waals surface area contributed by atoms with Crippen LogP contribution in [0.1, 0.15) is 47.5 Å². The molecule has 134 valence electrons. The monoisotopic (exact) mass is 359 g/mol. The van der Waals surface area contributed by atoms with Gasteiger partial charge in [0.05, 0.1) is 12.6 Å². The Hall–Kier alpha value is -1.85. The van der Waals surface area contributed by atoms with E-state index in [2.05, 4.69) is 30.0 Å². The van der Waals surface area contributed by atoms with Crippen LogP contribution in [-0.2, 0) is 4.79 Å². The molecule has 1 aliphatic heterocycles. The molecule has 2 atom stereocenters. The number of para-hydroxylation sites is 1. The Morgan fingerprint density at radius 1 is 1.32 bits per heavy atom. The molecule has 1 fully saturated rings. The third-order valence-electron chi connectivity index (χ3n) is 4.70. The van der Waals surface area contributed by atoms with Crippen LogP contribution < -0.4 is 4.74 Å². The summed E-state index contributed by atoms with van der Waals surface area (Å²) in [4.78, 5) is 16.4. The number of nitrogens with zero attached hydrogens (tertiary/aromatic N) is 1. The molecule has 0 amide bonds. The highest BCUT2D eigenvalue weighted by atomic mass is 32.1. The van der Waals surface area contributed by atoms with Crippen LogP contribution in [0.3, 0.4) is 0 Å². The zero-order valence-electron chi connectivity index (χ0n) is 14.8. The second kappa shape index (κ2) is 8.02. The van der Waals surface area contributed by atoms with Gasteiger partial charge in [-0.05, 0) is 51.4 Å². The van der Waals surface area contributed by atoms with E-state index in [0.717, 1.165) is 30.7 Å². The molecule has 2 unspecified atom stereocenters. The topological polar surface area (TPSA) is 49.8 Å². The van der Waals surface area contributed by atoms with Crippen LogP contribution >= 0.6 is 11.3 Å². The Morgan fingerprint density at radius 3 is 2.80 bits per heavy atom. The summed E-state index contributed by atoms with van der Waals surface area (Å²) in [5.74, 6) is 0.114. The third-order valence-corrected chi connectivity index (χ3v) is 5.76. The third kappa shape index (κ3) is 3.88. The minimum Gasteiger partial charge on any atom is -0.494 e. The van der Waals surface area contributed by atoms with E-state index in [4.69, 9.17) is 4.74 Å². The number of likely N-dealkylation sites (tertiary alicyclic amines) is 1. The summed E-state index contributed by atoms with van der Waals surface area (Å²) in [5.41, 5.74) is 1.05. The number of carboxylic acid groups (broad SMARTS) is 1. The second-order valence-corrected chi connectivity index (χ2v) is 7.73. The summed E-state index contributed by atoms with van der Waals surface area (Å²) < 4.78 is 5.86. The predicted molar refractivity (Wildman–Crippen MR) is 100 cm³/mol. The normalized spacial score (nSPS) is 19.5. The van der Waals surface area contributed by atoms with Gasteiger partial charge in [-0.3, -0.25) is 9.69 Å². The van der Waals surface area contributed by atoms with Crippen molar-refractivity contribution in [1.29, 1.82) is 0 Å². The highest BCUT2D eigenvalue weighted by Gasteiger charge is 2.36. The van der Waals surface area contributed by atoms with Crippen LogP contribution in [0.15, 0.2) is 36.4 Å². The van der Waals surface area contributed by atoms with Gasteiger partial charge >= 0.3 is 5.97 Å². The maximum atomic E-state index is 11.9. The molecule has 2 heterocycles. The van der Waals surface area contributed by atoms with Crippen molar-refractivity contribution >= 4 is 17.3 Å². The van der Waals surface area contributed by atoms with Gasteiger partial charge in [-0.1, -0.05) is 24.6 Å². The smallest absolute Gasteiger partial charge is 0.320 e. The first-order valence-corrected chi connectivity index (χ1v) is 9.70. The molecular weight excluding hydrogens is 334 g/mol. The van der Waals surface area contributed by atoms with E-state index in [-0.39, 0.29) is 6.04 Å². The molecule has 5 heteroatoms. The zero-order chi connectivity index (χ0) is 17.8. The maximum Gasteiger partial charge on any atom is 0.320 e. The van der Waals surface area contributed by atoms with Crippen molar-refractivity contribution in [2.45, 2.75) is 45.2 Å². The first-order valence-electron chi connectivity index (χ1n) is 8.88. The van der Waals surface area contributed by atoms with Crippen LogP contribution in [0.4, 0.5) is 0 Å². The van der Waals surface area contributed by atoms with Gasteiger partial charge in [0.15, 0.2) is 0 Å². The van der Waals surface area contributed by atoms with Crippen LogP contribution in [0.25, 0.3) is 0 Å². The lowest BCUT2D eigenvalue weighted by atomic mass is 9.95. The van der Waals surface area contributed by atoms with E-state index in [0.29, 0.717) is 13.0 Å².